The number of carbonyl (C=O) groups is 1. The van der Waals surface area contributed by atoms with E-state index >= 15 is 0 Å². The van der Waals surface area contributed by atoms with Crippen molar-refractivity contribution in [1.82, 2.24) is 10.2 Å². The Balaban J connectivity index is 1.83. The highest BCUT2D eigenvalue weighted by atomic mass is 19.1. The second-order valence-corrected chi connectivity index (χ2v) is 5.55. The van der Waals surface area contributed by atoms with E-state index in [1.54, 1.807) is 12.1 Å². The molecular weight excluding hydrogens is 344 g/mol. The molecule has 1 aromatic heterocycles. The van der Waals surface area contributed by atoms with Gasteiger partial charge in [0.1, 0.15) is 18.2 Å². The molecule has 0 saturated carbocycles. The minimum absolute atomic E-state index is 0.158. The predicted octanol–water partition coefficient (Wildman–Crippen LogP) is 3.72. The first-order chi connectivity index (χ1) is 12.5. The largest absolute Gasteiger partial charge is 0.418 e. The average Bonchev–Trinajstić information content (AvgIpc) is 3.09. The summed E-state index contributed by atoms with van der Waals surface area (Å²) in [5.41, 5.74) is 0.673. The molecule has 0 saturated heterocycles. The lowest BCUT2D eigenvalue weighted by molar-refractivity contribution is 0.102. The molecule has 1 heterocycles. The number of rotatable bonds is 5. The van der Waals surface area contributed by atoms with Crippen LogP contribution in [0.4, 0.5) is 14.5 Å². The van der Waals surface area contributed by atoms with Crippen molar-refractivity contribution >= 4 is 11.6 Å². The Morgan fingerprint density at radius 2 is 2.00 bits per heavy atom. The monoisotopic (exact) mass is 359 g/mol. The molecule has 6 nitrogen and oxygen atoms in total. The number of nitrogens with zero attached hydrogens (tertiary/aromatic N) is 2. The maximum absolute atomic E-state index is 13.9. The number of amides is 1. The third-order valence-electron chi connectivity index (χ3n) is 3.60. The van der Waals surface area contributed by atoms with E-state index in [4.69, 9.17) is 9.15 Å². The summed E-state index contributed by atoms with van der Waals surface area (Å²) in [6.45, 7) is 1.61. The van der Waals surface area contributed by atoms with Crippen LogP contribution in [0.15, 0.2) is 40.8 Å². The minimum Gasteiger partial charge on any atom is -0.418 e. The molecule has 1 amide bonds. The van der Waals surface area contributed by atoms with Gasteiger partial charge in [-0.15, -0.1) is 10.2 Å². The second kappa shape index (κ2) is 7.40. The SMILES string of the molecule is COCc1nnc(-c2cccc(C(=O)Nc3cc(F)c(C)cc3F)c2)o1. The van der Waals surface area contributed by atoms with E-state index in [1.807, 2.05) is 0 Å². The van der Waals surface area contributed by atoms with Gasteiger partial charge in [-0.3, -0.25) is 4.79 Å². The van der Waals surface area contributed by atoms with E-state index in [2.05, 4.69) is 15.5 Å². The summed E-state index contributed by atoms with van der Waals surface area (Å²) in [4.78, 5) is 12.4. The van der Waals surface area contributed by atoms with Crippen molar-refractivity contribution < 1.29 is 22.7 Å². The number of hydrogen-bond donors (Lipinski definition) is 1. The number of carbonyl (C=O) groups excluding carboxylic acids is 1. The Morgan fingerprint density at radius 1 is 1.19 bits per heavy atom. The van der Waals surface area contributed by atoms with Gasteiger partial charge in [0.2, 0.25) is 11.8 Å². The Hall–Kier alpha value is -3.13. The van der Waals surface area contributed by atoms with Gasteiger partial charge >= 0.3 is 0 Å². The van der Waals surface area contributed by atoms with Crippen molar-refractivity contribution in [2.75, 3.05) is 12.4 Å². The van der Waals surface area contributed by atoms with Crippen LogP contribution in [0.1, 0.15) is 21.8 Å². The third-order valence-corrected chi connectivity index (χ3v) is 3.60. The molecule has 3 rings (SSSR count). The van der Waals surface area contributed by atoms with Crippen LogP contribution in [0.25, 0.3) is 11.5 Å². The fourth-order valence-electron chi connectivity index (χ4n) is 2.28. The fourth-order valence-corrected chi connectivity index (χ4v) is 2.28. The van der Waals surface area contributed by atoms with Gasteiger partial charge in [0.15, 0.2) is 0 Å². The summed E-state index contributed by atoms with van der Waals surface area (Å²) >= 11 is 0. The van der Waals surface area contributed by atoms with Gasteiger partial charge < -0.3 is 14.5 Å². The van der Waals surface area contributed by atoms with Crippen molar-refractivity contribution in [3.8, 4) is 11.5 Å². The smallest absolute Gasteiger partial charge is 0.255 e. The summed E-state index contributed by atoms with van der Waals surface area (Å²) in [5, 5.41) is 10.1. The van der Waals surface area contributed by atoms with E-state index in [0.717, 1.165) is 12.1 Å². The number of aromatic nitrogens is 2. The molecule has 134 valence electrons. The Labute approximate surface area is 147 Å². The zero-order valence-corrected chi connectivity index (χ0v) is 14.0. The van der Waals surface area contributed by atoms with Crippen molar-refractivity contribution in [3.05, 3.63) is 65.1 Å². The first-order valence-corrected chi connectivity index (χ1v) is 7.66. The lowest BCUT2D eigenvalue weighted by Crippen LogP contribution is -2.13. The van der Waals surface area contributed by atoms with Crippen LogP contribution < -0.4 is 5.32 Å². The number of methoxy groups -OCH3 is 1. The molecule has 0 unspecified atom stereocenters. The van der Waals surface area contributed by atoms with Gasteiger partial charge in [-0.25, -0.2) is 8.78 Å². The zero-order chi connectivity index (χ0) is 18.7. The van der Waals surface area contributed by atoms with Gasteiger partial charge in [0.05, 0.1) is 5.69 Å². The fraction of sp³-hybridized carbons (Fsp3) is 0.167. The molecule has 0 fully saturated rings. The lowest BCUT2D eigenvalue weighted by atomic mass is 10.1. The molecule has 0 aliphatic rings. The lowest BCUT2D eigenvalue weighted by Gasteiger charge is -2.08. The Kier molecular flexibility index (Phi) is 5.04. The van der Waals surface area contributed by atoms with E-state index in [-0.39, 0.29) is 29.3 Å². The number of anilines is 1. The molecule has 1 N–H and O–H groups in total. The van der Waals surface area contributed by atoms with Crippen LogP contribution in [-0.4, -0.2) is 23.2 Å². The van der Waals surface area contributed by atoms with Crippen LogP contribution in [0.2, 0.25) is 0 Å². The highest BCUT2D eigenvalue weighted by molar-refractivity contribution is 6.04. The molecule has 26 heavy (non-hydrogen) atoms. The van der Waals surface area contributed by atoms with Gasteiger partial charge in [0, 0.05) is 24.3 Å². The Bertz CT molecular complexity index is 957. The normalized spacial score (nSPS) is 10.8. The highest BCUT2D eigenvalue weighted by Gasteiger charge is 2.14. The standard InChI is InChI=1S/C18H15F2N3O3/c1-10-6-14(20)15(8-13(10)19)21-17(24)11-4-3-5-12(7-11)18-23-22-16(26-18)9-25-2/h3-8H,9H2,1-2H3,(H,21,24). The van der Waals surface area contributed by atoms with Crippen molar-refractivity contribution in [2.24, 2.45) is 0 Å². The topological polar surface area (TPSA) is 77.2 Å². The number of nitrogens with one attached hydrogen (secondary N) is 1. The molecule has 0 atom stereocenters. The number of ether oxygens (including phenoxy) is 1. The molecule has 0 bridgehead atoms. The van der Waals surface area contributed by atoms with Crippen LogP contribution in [-0.2, 0) is 11.3 Å². The number of aryl methyl sites for hydroxylation is 1. The minimum atomic E-state index is -0.713. The Morgan fingerprint density at radius 3 is 2.77 bits per heavy atom. The van der Waals surface area contributed by atoms with Crippen molar-refractivity contribution in [3.63, 3.8) is 0 Å². The summed E-state index contributed by atoms with van der Waals surface area (Å²) in [6, 6.07) is 8.33. The summed E-state index contributed by atoms with van der Waals surface area (Å²) < 4.78 is 37.8. The highest BCUT2D eigenvalue weighted by Crippen LogP contribution is 2.22. The van der Waals surface area contributed by atoms with Crippen molar-refractivity contribution in [2.45, 2.75) is 13.5 Å². The van der Waals surface area contributed by atoms with Crippen LogP contribution in [0, 0.1) is 18.6 Å². The molecular formula is C18H15F2N3O3. The molecule has 8 heteroatoms. The zero-order valence-electron chi connectivity index (χ0n) is 14.0. The van der Waals surface area contributed by atoms with E-state index in [9.17, 15) is 13.6 Å². The third kappa shape index (κ3) is 3.75. The molecule has 0 aliphatic heterocycles. The molecule has 0 radical (unpaired) electrons. The molecule has 3 aromatic rings. The van der Waals surface area contributed by atoms with Gasteiger partial charge in [-0.2, -0.15) is 0 Å². The molecule has 0 aliphatic carbocycles. The predicted molar refractivity (Wildman–Crippen MR) is 89.5 cm³/mol. The number of hydrogen-bond acceptors (Lipinski definition) is 5. The van der Waals surface area contributed by atoms with Crippen LogP contribution >= 0.6 is 0 Å². The van der Waals surface area contributed by atoms with Gasteiger partial charge in [-0.1, -0.05) is 6.07 Å². The van der Waals surface area contributed by atoms with Crippen molar-refractivity contribution in [1.29, 1.82) is 0 Å². The number of halogens is 2. The average molecular weight is 359 g/mol. The summed E-state index contributed by atoms with van der Waals surface area (Å²) in [7, 11) is 1.50. The van der Waals surface area contributed by atoms with Gasteiger partial charge in [0.25, 0.3) is 5.91 Å². The molecule has 2 aromatic carbocycles. The van der Waals surface area contributed by atoms with E-state index in [1.165, 1.54) is 26.2 Å². The summed E-state index contributed by atoms with van der Waals surface area (Å²) in [5.74, 6) is -1.39. The quantitative estimate of drug-likeness (QED) is 0.751. The second-order valence-electron chi connectivity index (χ2n) is 5.55. The number of benzene rings is 2. The summed E-state index contributed by atoms with van der Waals surface area (Å²) in [6.07, 6.45) is 0. The van der Waals surface area contributed by atoms with Crippen LogP contribution in [0.5, 0.6) is 0 Å². The first kappa shape index (κ1) is 17.7. The molecule has 0 spiro atoms. The first-order valence-electron chi connectivity index (χ1n) is 7.66. The van der Waals surface area contributed by atoms with Gasteiger partial charge in [-0.05, 0) is 36.8 Å². The maximum Gasteiger partial charge on any atom is 0.255 e. The van der Waals surface area contributed by atoms with E-state index < -0.39 is 17.5 Å². The van der Waals surface area contributed by atoms with E-state index in [0.29, 0.717) is 11.5 Å². The van der Waals surface area contributed by atoms with Crippen LogP contribution in [0.3, 0.4) is 0 Å². The maximum atomic E-state index is 13.9.